The molecular weight excluding hydrogens is 198 g/mol. The van der Waals surface area contributed by atoms with E-state index in [4.69, 9.17) is 5.73 Å². The van der Waals surface area contributed by atoms with Gasteiger partial charge in [0, 0.05) is 24.8 Å². The summed E-state index contributed by atoms with van der Waals surface area (Å²) in [5.74, 6) is 1.61. The quantitative estimate of drug-likeness (QED) is 0.798. The van der Waals surface area contributed by atoms with Gasteiger partial charge in [-0.15, -0.1) is 0 Å². The highest BCUT2D eigenvalue weighted by Crippen LogP contribution is 2.30. The van der Waals surface area contributed by atoms with Crippen molar-refractivity contribution in [1.29, 1.82) is 0 Å². The average molecular weight is 219 g/mol. The van der Waals surface area contributed by atoms with Gasteiger partial charge >= 0.3 is 0 Å². The van der Waals surface area contributed by atoms with E-state index in [1.165, 1.54) is 25.8 Å². The normalized spacial score (nSPS) is 15.6. The van der Waals surface area contributed by atoms with Crippen LogP contribution in [0.25, 0.3) is 0 Å². The molecule has 1 aliphatic rings. The SMILES string of the molecule is CCCN(Cc1cccnc1N)CC1CC1. The van der Waals surface area contributed by atoms with E-state index in [9.17, 15) is 0 Å². The van der Waals surface area contributed by atoms with Crippen LogP contribution in [0.4, 0.5) is 5.82 Å². The summed E-state index contributed by atoms with van der Waals surface area (Å²) in [4.78, 5) is 6.64. The first-order chi connectivity index (χ1) is 7.79. The average Bonchev–Trinajstić information content (AvgIpc) is 3.06. The zero-order valence-electron chi connectivity index (χ0n) is 10.0. The summed E-state index contributed by atoms with van der Waals surface area (Å²) in [6.07, 6.45) is 5.77. The molecule has 0 radical (unpaired) electrons. The van der Waals surface area contributed by atoms with Gasteiger partial charge in [0.2, 0.25) is 0 Å². The van der Waals surface area contributed by atoms with Gasteiger partial charge in [-0.25, -0.2) is 4.98 Å². The van der Waals surface area contributed by atoms with Gasteiger partial charge in [0.1, 0.15) is 5.82 Å². The van der Waals surface area contributed by atoms with Crippen LogP contribution in [0.5, 0.6) is 0 Å². The van der Waals surface area contributed by atoms with Crippen molar-refractivity contribution in [2.75, 3.05) is 18.8 Å². The number of aromatic nitrogens is 1. The van der Waals surface area contributed by atoms with Crippen molar-refractivity contribution in [2.24, 2.45) is 5.92 Å². The van der Waals surface area contributed by atoms with Gasteiger partial charge in [-0.1, -0.05) is 13.0 Å². The molecule has 0 aromatic carbocycles. The highest BCUT2D eigenvalue weighted by atomic mass is 15.1. The Hall–Kier alpha value is -1.09. The maximum absolute atomic E-state index is 5.87. The molecular formula is C13H21N3. The van der Waals surface area contributed by atoms with E-state index in [2.05, 4.69) is 22.9 Å². The van der Waals surface area contributed by atoms with E-state index in [-0.39, 0.29) is 0 Å². The molecule has 0 atom stereocenters. The molecule has 3 nitrogen and oxygen atoms in total. The molecule has 2 N–H and O–H groups in total. The summed E-state index contributed by atoms with van der Waals surface area (Å²) in [6.45, 7) is 5.56. The van der Waals surface area contributed by atoms with Crippen LogP contribution in [0.2, 0.25) is 0 Å². The third kappa shape index (κ3) is 3.20. The van der Waals surface area contributed by atoms with Crippen LogP contribution in [0, 0.1) is 5.92 Å². The molecule has 0 unspecified atom stereocenters. The number of hydrogen-bond donors (Lipinski definition) is 1. The minimum absolute atomic E-state index is 0.680. The standard InChI is InChI=1S/C13H21N3/c1-2-8-16(9-11-5-6-11)10-12-4-3-7-15-13(12)14/h3-4,7,11H,2,5-6,8-10H2,1H3,(H2,14,15). The van der Waals surface area contributed by atoms with Gasteiger partial charge in [-0.05, 0) is 37.8 Å². The first-order valence-corrected chi connectivity index (χ1v) is 6.21. The van der Waals surface area contributed by atoms with Gasteiger partial charge in [0.15, 0.2) is 0 Å². The summed E-state index contributed by atoms with van der Waals surface area (Å²) < 4.78 is 0. The Balaban J connectivity index is 1.95. The van der Waals surface area contributed by atoms with Crippen molar-refractivity contribution in [3.05, 3.63) is 23.9 Å². The van der Waals surface area contributed by atoms with Crippen molar-refractivity contribution in [3.63, 3.8) is 0 Å². The largest absolute Gasteiger partial charge is 0.383 e. The Kier molecular flexibility index (Phi) is 3.78. The summed E-state index contributed by atoms with van der Waals surface area (Å²) in [5.41, 5.74) is 7.04. The third-order valence-corrected chi connectivity index (χ3v) is 3.07. The van der Waals surface area contributed by atoms with E-state index >= 15 is 0 Å². The number of nitrogen functional groups attached to an aromatic ring is 1. The number of rotatable bonds is 6. The lowest BCUT2D eigenvalue weighted by molar-refractivity contribution is 0.255. The molecule has 1 saturated carbocycles. The molecule has 3 heteroatoms. The number of anilines is 1. The lowest BCUT2D eigenvalue weighted by Gasteiger charge is -2.21. The van der Waals surface area contributed by atoms with E-state index in [0.29, 0.717) is 5.82 Å². The molecule has 0 amide bonds. The highest BCUT2D eigenvalue weighted by Gasteiger charge is 2.24. The molecule has 0 saturated heterocycles. The lowest BCUT2D eigenvalue weighted by Crippen LogP contribution is -2.27. The minimum Gasteiger partial charge on any atom is -0.383 e. The number of hydrogen-bond acceptors (Lipinski definition) is 3. The number of nitrogens with zero attached hydrogens (tertiary/aromatic N) is 2. The molecule has 0 bridgehead atoms. The smallest absolute Gasteiger partial charge is 0.127 e. The summed E-state index contributed by atoms with van der Waals surface area (Å²) in [6, 6.07) is 4.05. The van der Waals surface area contributed by atoms with Gasteiger partial charge in [0.05, 0.1) is 0 Å². The topological polar surface area (TPSA) is 42.2 Å². The monoisotopic (exact) mass is 219 g/mol. The van der Waals surface area contributed by atoms with Crippen LogP contribution in [0.3, 0.4) is 0 Å². The van der Waals surface area contributed by atoms with Crippen molar-refractivity contribution in [2.45, 2.75) is 32.7 Å². The maximum Gasteiger partial charge on any atom is 0.127 e. The van der Waals surface area contributed by atoms with E-state index in [1.807, 2.05) is 6.07 Å². The zero-order valence-corrected chi connectivity index (χ0v) is 10.0. The predicted octanol–water partition coefficient (Wildman–Crippen LogP) is 2.29. The van der Waals surface area contributed by atoms with Gasteiger partial charge < -0.3 is 5.73 Å². The van der Waals surface area contributed by atoms with Crippen LogP contribution < -0.4 is 5.73 Å². The molecule has 0 spiro atoms. The Morgan fingerprint density at radius 2 is 2.31 bits per heavy atom. The molecule has 88 valence electrons. The first-order valence-electron chi connectivity index (χ1n) is 6.21. The van der Waals surface area contributed by atoms with E-state index in [0.717, 1.165) is 24.6 Å². The van der Waals surface area contributed by atoms with Crippen molar-refractivity contribution in [1.82, 2.24) is 9.88 Å². The molecule has 1 fully saturated rings. The Morgan fingerprint density at radius 1 is 1.50 bits per heavy atom. The fraction of sp³-hybridized carbons (Fsp3) is 0.615. The third-order valence-electron chi connectivity index (χ3n) is 3.07. The van der Waals surface area contributed by atoms with Crippen LogP contribution in [-0.4, -0.2) is 23.0 Å². The predicted molar refractivity (Wildman–Crippen MR) is 66.9 cm³/mol. The fourth-order valence-electron chi connectivity index (χ4n) is 2.04. The summed E-state index contributed by atoms with van der Waals surface area (Å²) >= 11 is 0. The molecule has 0 aliphatic heterocycles. The van der Waals surface area contributed by atoms with Crippen molar-refractivity contribution in [3.8, 4) is 0 Å². The van der Waals surface area contributed by atoms with Gasteiger partial charge in [-0.2, -0.15) is 0 Å². The molecule has 2 rings (SSSR count). The second-order valence-corrected chi connectivity index (χ2v) is 4.73. The molecule has 1 heterocycles. The minimum atomic E-state index is 0.680. The van der Waals surface area contributed by atoms with Crippen molar-refractivity contribution >= 4 is 5.82 Å². The molecule has 16 heavy (non-hydrogen) atoms. The second kappa shape index (κ2) is 5.30. The fourth-order valence-corrected chi connectivity index (χ4v) is 2.04. The van der Waals surface area contributed by atoms with E-state index < -0.39 is 0 Å². The highest BCUT2D eigenvalue weighted by molar-refractivity contribution is 5.38. The number of nitrogens with two attached hydrogens (primary N) is 1. The molecule has 1 aliphatic carbocycles. The van der Waals surface area contributed by atoms with Crippen LogP contribution in [0.1, 0.15) is 31.7 Å². The first kappa shape index (κ1) is 11.4. The molecule has 1 aromatic heterocycles. The van der Waals surface area contributed by atoms with Crippen LogP contribution >= 0.6 is 0 Å². The Bertz CT molecular complexity index is 334. The summed E-state index contributed by atoms with van der Waals surface area (Å²) in [7, 11) is 0. The van der Waals surface area contributed by atoms with Crippen LogP contribution in [-0.2, 0) is 6.54 Å². The number of pyridine rings is 1. The van der Waals surface area contributed by atoms with Gasteiger partial charge in [-0.3, -0.25) is 4.90 Å². The van der Waals surface area contributed by atoms with Gasteiger partial charge in [0.25, 0.3) is 0 Å². The lowest BCUT2D eigenvalue weighted by atomic mass is 10.2. The second-order valence-electron chi connectivity index (χ2n) is 4.73. The van der Waals surface area contributed by atoms with Crippen LogP contribution in [0.15, 0.2) is 18.3 Å². The summed E-state index contributed by atoms with van der Waals surface area (Å²) in [5, 5.41) is 0. The molecule has 1 aromatic rings. The van der Waals surface area contributed by atoms with Crippen molar-refractivity contribution < 1.29 is 0 Å². The van der Waals surface area contributed by atoms with E-state index in [1.54, 1.807) is 6.20 Å². The Morgan fingerprint density at radius 3 is 2.94 bits per heavy atom. The Labute approximate surface area is 97.7 Å². The zero-order chi connectivity index (χ0) is 11.4. The maximum atomic E-state index is 5.87.